The Balaban J connectivity index is 1.49. The zero-order valence-corrected chi connectivity index (χ0v) is 18.5. The number of amides is 1. The molecule has 0 fully saturated rings. The first kappa shape index (κ1) is 20.6. The standard InChI is InChI=1S/C24H23N3OS2/c1-18-9-7-13-21-23(18)26-24(30-21)27(17-19-10-5-6-15-25-19)22(28)14-8-16-29-20-11-3-2-4-12-20/h2-7,9-13,15H,8,14,16-17H2,1H3. The summed E-state index contributed by atoms with van der Waals surface area (Å²) in [5.74, 6) is 0.998. The molecule has 0 aliphatic rings. The number of thioether (sulfide) groups is 1. The molecule has 6 heteroatoms. The quantitative estimate of drug-likeness (QED) is 0.249. The Hall–Kier alpha value is -2.70. The summed E-state index contributed by atoms with van der Waals surface area (Å²) in [6.07, 6.45) is 3.07. The van der Waals surface area contributed by atoms with Crippen LogP contribution in [-0.2, 0) is 11.3 Å². The van der Waals surface area contributed by atoms with Gasteiger partial charge in [-0.2, -0.15) is 0 Å². The molecule has 2 heterocycles. The minimum absolute atomic E-state index is 0.0889. The number of aryl methyl sites for hydroxylation is 1. The van der Waals surface area contributed by atoms with E-state index in [1.54, 1.807) is 34.2 Å². The fourth-order valence-electron chi connectivity index (χ4n) is 3.17. The van der Waals surface area contributed by atoms with Crippen LogP contribution < -0.4 is 4.90 Å². The van der Waals surface area contributed by atoms with E-state index in [1.165, 1.54) is 4.90 Å². The number of fused-ring (bicyclic) bond motifs is 1. The normalized spacial score (nSPS) is 11.0. The van der Waals surface area contributed by atoms with Gasteiger partial charge >= 0.3 is 0 Å². The molecule has 0 saturated carbocycles. The predicted octanol–water partition coefficient (Wildman–Crippen LogP) is 6.11. The molecular formula is C24H23N3OS2. The number of hydrogen-bond acceptors (Lipinski definition) is 5. The van der Waals surface area contributed by atoms with Gasteiger partial charge in [0, 0.05) is 17.5 Å². The van der Waals surface area contributed by atoms with Crippen LogP contribution in [0, 0.1) is 6.92 Å². The summed E-state index contributed by atoms with van der Waals surface area (Å²) in [7, 11) is 0. The summed E-state index contributed by atoms with van der Waals surface area (Å²) in [4.78, 5) is 25.4. The van der Waals surface area contributed by atoms with Crippen molar-refractivity contribution in [2.45, 2.75) is 31.2 Å². The summed E-state index contributed by atoms with van der Waals surface area (Å²) in [5, 5.41) is 0.741. The summed E-state index contributed by atoms with van der Waals surface area (Å²) < 4.78 is 1.10. The fraction of sp³-hybridized carbons (Fsp3) is 0.208. The average molecular weight is 434 g/mol. The molecule has 0 atom stereocenters. The fourth-order valence-corrected chi connectivity index (χ4v) is 5.11. The number of thiazole rings is 1. The van der Waals surface area contributed by atoms with Crippen LogP contribution in [0.5, 0.6) is 0 Å². The third-order valence-corrected chi connectivity index (χ3v) is 6.88. The van der Waals surface area contributed by atoms with Crippen molar-refractivity contribution in [3.8, 4) is 0 Å². The summed E-state index contributed by atoms with van der Waals surface area (Å²) in [6.45, 7) is 2.49. The lowest BCUT2D eigenvalue weighted by molar-refractivity contribution is -0.118. The van der Waals surface area contributed by atoms with Gasteiger partial charge in [-0.3, -0.25) is 14.7 Å². The second kappa shape index (κ2) is 9.87. The van der Waals surface area contributed by atoms with E-state index in [1.807, 2.05) is 42.5 Å². The van der Waals surface area contributed by atoms with Crippen LogP contribution in [-0.4, -0.2) is 21.6 Å². The first-order valence-corrected chi connectivity index (χ1v) is 11.8. The highest BCUT2D eigenvalue weighted by atomic mass is 32.2. The highest BCUT2D eigenvalue weighted by Gasteiger charge is 2.21. The lowest BCUT2D eigenvalue weighted by Crippen LogP contribution is -2.30. The van der Waals surface area contributed by atoms with E-state index in [-0.39, 0.29) is 5.91 Å². The summed E-state index contributed by atoms with van der Waals surface area (Å²) in [5.41, 5.74) is 2.95. The van der Waals surface area contributed by atoms with Crippen LogP contribution in [0.4, 0.5) is 5.13 Å². The van der Waals surface area contributed by atoms with Crippen molar-refractivity contribution in [3.05, 3.63) is 84.2 Å². The average Bonchev–Trinajstić information content (AvgIpc) is 3.22. The number of benzene rings is 2. The molecule has 152 valence electrons. The van der Waals surface area contributed by atoms with Gasteiger partial charge in [0.05, 0.1) is 22.5 Å². The molecule has 4 rings (SSSR count). The topological polar surface area (TPSA) is 46.1 Å². The van der Waals surface area contributed by atoms with E-state index >= 15 is 0 Å². The Bertz CT molecular complexity index is 1110. The second-order valence-electron chi connectivity index (χ2n) is 6.98. The Kier molecular flexibility index (Phi) is 6.77. The van der Waals surface area contributed by atoms with Crippen molar-refractivity contribution in [2.75, 3.05) is 10.7 Å². The molecular weight excluding hydrogens is 410 g/mol. The molecule has 0 spiro atoms. The van der Waals surface area contributed by atoms with Gasteiger partial charge in [0.15, 0.2) is 5.13 Å². The minimum atomic E-state index is 0.0889. The molecule has 0 aliphatic heterocycles. The molecule has 4 nitrogen and oxygen atoms in total. The molecule has 2 aromatic heterocycles. The highest BCUT2D eigenvalue weighted by Crippen LogP contribution is 2.32. The van der Waals surface area contributed by atoms with Crippen molar-refractivity contribution in [1.29, 1.82) is 0 Å². The summed E-state index contributed by atoms with van der Waals surface area (Å²) >= 11 is 3.35. The van der Waals surface area contributed by atoms with E-state index in [0.717, 1.165) is 38.8 Å². The molecule has 30 heavy (non-hydrogen) atoms. The second-order valence-corrected chi connectivity index (χ2v) is 9.16. The number of rotatable bonds is 8. The van der Waals surface area contributed by atoms with Crippen LogP contribution in [0.15, 0.2) is 77.8 Å². The van der Waals surface area contributed by atoms with Crippen LogP contribution >= 0.6 is 23.1 Å². The third kappa shape index (κ3) is 5.07. The number of carbonyl (C=O) groups is 1. The van der Waals surface area contributed by atoms with Gasteiger partial charge in [-0.25, -0.2) is 4.98 Å². The molecule has 0 N–H and O–H groups in total. The lowest BCUT2D eigenvalue weighted by Gasteiger charge is -2.19. The zero-order valence-electron chi connectivity index (χ0n) is 16.8. The van der Waals surface area contributed by atoms with E-state index in [9.17, 15) is 4.79 Å². The van der Waals surface area contributed by atoms with Gasteiger partial charge in [-0.05, 0) is 55.0 Å². The number of aromatic nitrogens is 2. The monoisotopic (exact) mass is 433 g/mol. The van der Waals surface area contributed by atoms with Crippen molar-refractivity contribution in [3.63, 3.8) is 0 Å². The first-order valence-electron chi connectivity index (χ1n) is 9.95. The third-order valence-electron chi connectivity index (χ3n) is 4.73. The molecule has 2 aromatic carbocycles. The molecule has 0 saturated heterocycles. The smallest absolute Gasteiger partial charge is 0.229 e. The number of nitrogens with zero attached hydrogens (tertiary/aromatic N) is 3. The van der Waals surface area contributed by atoms with E-state index in [4.69, 9.17) is 4.98 Å². The molecule has 4 aromatic rings. The van der Waals surface area contributed by atoms with Crippen LogP contribution in [0.25, 0.3) is 10.2 Å². The number of carbonyl (C=O) groups excluding carboxylic acids is 1. The van der Waals surface area contributed by atoms with E-state index in [0.29, 0.717) is 13.0 Å². The Labute approximate surface area is 185 Å². The SMILES string of the molecule is Cc1cccc2sc(N(Cc3ccccn3)C(=O)CCCSc3ccccc3)nc12. The minimum Gasteiger partial charge on any atom is -0.282 e. The van der Waals surface area contributed by atoms with Gasteiger partial charge in [0.2, 0.25) is 5.91 Å². The van der Waals surface area contributed by atoms with Crippen LogP contribution in [0.1, 0.15) is 24.1 Å². The maximum absolute atomic E-state index is 13.2. The first-order chi connectivity index (χ1) is 14.7. The van der Waals surface area contributed by atoms with E-state index < -0.39 is 0 Å². The highest BCUT2D eigenvalue weighted by molar-refractivity contribution is 7.99. The number of hydrogen-bond donors (Lipinski definition) is 0. The molecule has 0 unspecified atom stereocenters. The van der Waals surface area contributed by atoms with Crippen LogP contribution in [0.3, 0.4) is 0 Å². The molecule has 0 aliphatic carbocycles. The van der Waals surface area contributed by atoms with E-state index in [2.05, 4.69) is 36.2 Å². The van der Waals surface area contributed by atoms with Gasteiger partial charge < -0.3 is 0 Å². The van der Waals surface area contributed by atoms with Crippen molar-refractivity contribution < 1.29 is 4.79 Å². The largest absolute Gasteiger partial charge is 0.282 e. The van der Waals surface area contributed by atoms with Crippen molar-refractivity contribution >= 4 is 44.4 Å². The summed E-state index contributed by atoms with van der Waals surface area (Å²) in [6, 6.07) is 22.2. The number of para-hydroxylation sites is 1. The zero-order chi connectivity index (χ0) is 20.8. The molecule has 1 amide bonds. The van der Waals surface area contributed by atoms with Crippen molar-refractivity contribution in [2.24, 2.45) is 0 Å². The molecule has 0 radical (unpaired) electrons. The predicted molar refractivity (Wildman–Crippen MR) is 126 cm³/mol. The maximum atomic E-state index is 13.2. The van der Waals surface area contributed by atoms with Gasteiger partial charge in [-0.1, -0.05) is 47.7 Å². The molecule has 0 bridgehead atoms. The van der Waals surface area contributed by atoms with Crippen molar-refractivity contribution in [1.82, 2.24) is 9.97 Å². The lowest BCUT2D eigenvalue weighted by atomic mass is 10.2. The Morgan fingerprint density at radius 3 is 2.63 bits per heavy atom. The number of pyridine rings is 1. The Morgan fingerprint density at radius 2 is 1.87 bits per heavy atom. The maximum Gasteiger partial charge on any atom is 0.229 e. The Morgan fingerprint density at radius 1 is 1.03 bits per heavy atom. The van der Waals surface area contributed by atoms with Gasteiger partial charge in [0.1, 0.15) is 0 Å². The van der Waals surface area contributed by atoms with Crippen LogP contribution in [0.2, 0.25) is 0 Å². The number of anilines is 1. The van der Waals surface area contributed by atoms with Gasteiger partial charge in [0.25, 0.3) is 0 Å². The van der Waals surface area contributed by atoms with Gasteiger partial charge in [-0.15, -0.1) is 11.8 Å².